The van der Waals surface area contributed by atoms with Crippen LogP contribution in [-0.4, -0.2) is 36.6 Å². The van der Waals surface area contributed by atoms with E-state index in [2.05, 4.69) is 38.9 Å². The summed E-state index contributed by atoms with van der Waals surface area (Å²) < 4.78 is 2.08. The molecule has 7 nitrogen and oxygen atoms in total. The monoisotopic (exact) mass is 461 g/mol. The molecule has 2 heterocycles. The fourth-order valence-corrected chi connectivity index (χ4v) is 4.19. The van der Waals surface area contributed by atoms with E-state index in [1.54, 1.807) is 0 Å². The van der Waals surface area contributed by atoms with Gasteiger partial charge in [0.25, 0.3) is 0 Å². The molecule has 8 heteroatoms. The molecule has 0 aliphatic heterocycles. The second-order valence-corrected chi connectivity index (χ2v) is 8.98. The second-order valence-electron chi connectivity index (χ2n) is 8.55. The van der Waals surface area contributed by atoms with Gasteiger partial charge in [0.1, 0.15) is 11.3 Å². The van der Waals surface area contributed by atoms with Crippen molar-refractivity contribution in [3.8, 4) is 0 Å². The van der Waals surface area contributed by atoms with Gasteiger partial charge in [0.2, 0.25) is 5.82 Å². The van der Waals surface area contributed by atoms with E-state index in [0.717, 1.165) is 29.8 Å². The lowest BCUT2D eigenvalue weighted by Gasteiger charge is -2.17. The van der Waals surface area contributed by atoms with E-state index in [-0.39, 0.29) is 11.9 Å². The van der Waals surface area contributed by atoms with Gasteiger partial charge in [-0.25, -0.2) is 19.7 Å². The van der Waals surface area contributed by atoms with Crippen molar-refractivity contribution < 1.29 is 9.90 Å². The second kappa shape index (κ2) is 8.83. The zero-order valence-corrected chi connectivity index (χ0v) is 19.0. The maximum Gasteiger partial charge on any atom is 0.374 e. The predicted molar refractivity (Wildman–Crippen MR) is 128 cm³/mol. The number of nitrogens with one attached hydrogen (secondary N) is 1. The van der Waals surface area contributed by atoms with E-state index in [0.29, 0.717) is 40.9 Å². The Morgan fingerprint density at radius 3 is 2.48 bits per heavy atom. The van der Waals surface area contributed by atoms with Crippen LogP contribution in [-0.2, 0) is 13.0 Å². The van der Waals surface area contributed by atoms with Crippen molar-refractivity contribution in [2.45, 2.75) is 38.8 Å². The molecule has 0 saturated heterocycles. The molecule has 1 atom stereocenters. The number of halogens is 1. The van der Waals surface area contributed by atoms with Crippen LogP contribution in [0, 0.1) is 5.92 Å². The molecular formula is C25H24ClN5O2. The number of rotatable bonds is 8. The van der Waals surface area contributed by atoms with Crippen molar-refractivity contribution in [2.75, 3.05) is 5.32 Å². The summed E-state index contributed by atoms with van der Waals surface area (Å²) in [7, 11) is 0. The van der Waals surface area contributed by atoms with Gasteiger partial charge in [0, 0.05) is 24.0 Å². The normalized spacial score (nSPS) is 14.4. The molecule has 1 unspecified atom stereocenters. The number of hydrogen-bond donors (Lipinski definition) is 2. The number of hydrogen-bond acceptors (Lipinski definition) is 5. The summed E-state index contributed by atoms with van der Waals surface area (Å²) in [5, 5.41) is 13.7. The number of imidazole rings is 1. The first-order valence-electron chi connectivity index (χ1n) is 11.0. The van der Waals surface area contributed by atoms with Crippen molar-refractivity contribution in [3.05, 3.63) is 82.4 Å². The summed E-state index contributed by atoms with van der Waals surface area (Å²) in [6.07, 6.45) is 2.92. The van der Waals surface area contributed by atoms with Crippen LogP contribution in [0.2, 0.25) is 5.02 Å². The Balaban J connectivity index is 1.66. The lowest BCUT2D eigenvalue weighted by atomic mass is 10.1. The van der Waals surface area contributed by atoms with Crippen LogP contribution >= 0.6 is 11.6 Å². The van der Waals surface area contributed by atoms with E-state index in [1.807, 2.05) is 42.5 Å². The lowest BCUT2D eigenvalue weighted by molar-refractivity contribution is 0.0684. The molecule has 0 spiro atoms. The molecule has 2 aromatic carbocycles. The first kappa shape index (κ1) is 21.4. The summed E-state index contributed by atoms with van der Waals surface area (Å²) >= 11 is 6.09. The predicted octanol–water partition coefficient (Wildman–Crippen LogP) is 5.03. The Kier molecular flexibility index (Phi) is 5.72. The largest absolute Gasteiger partial charge is 0.475 e. The molecule has 4 aromatic rings. The highest BCUT2D eigenvalue weighted by molar-refractivity contribution is 6.30. The van der Waals surface area contributed by atoms with E-state index in [1.165, 1.54) is 0 Å². The number of aromatic nitrogens is 4. The van der Waals surface area contributed by atoms with Crippen LogP contribution in [0.15, 0.2) is 54.6 Å². The van der Waals surface area contributed by atoms with Gasteiger partial charge in [-0.2, -0.15) is 0 Å². The van der Waals surface area contributed by atoms with Crippen LogP contribution in [0.25, 0.3) is 11.2 Å². The van der Waals surface area contributed by atoms with Crippen LogP contribution in [0.4, 0.5) is 5.82 Å². The van der Waals surface area contributed by atoms with Crippen LogP contribution in [0.5, 0.6) is 0 Å². The van der Waals surface area contributed by atoms with Gasteiger partial charge in [0.05, 0.1) is 0 Å². The third-order valence-corrected chi connectivity index (χ3v) is 6.28. The molecule has 1 saturated carbocycles. The van der Waals surface area contributed by atoms with Crippen molar-refractivity contribution in [3.63, 3.8) is 0 Å². The minimum atomic E-state index is -1.17. The molecule has 2 aromatic heterocycles. The highest BCUT2D eigenvalue weighted by Gasteiger charge is 2.30. The van der Waals surface area contributed by atoms with Gasteiger partial charge in [-0.1, -0.05) is 54.1 Å². The third-order valence-electron chi connectivity index (χ3n) is 6.03. The lowest BCUT2D eigenvalue weighted by Crippen LogP contribution is -2.20. The van der Waals surface area contributed by atoms with Crippen LogP contribution in [0.3, 0.4) is 0 Å². The van der Waals surface area contributed by atoms with Crippen molar-refractivity contribution >= 4 is 34.6 Å². The average molecular weight is 462 g/mol. The number of aromatic carboxylic acids is 1. The van der Waals surface area contributed by atoms with Crippen molar-refractivity contribution in [2.24, 2.45) is 5.92 Å². The number of carboxylic acid groups (broad SMARTS) is 1. The van der Waals surface area contributed by atoms with Crippen molar-refractivity contribution in [1.82, 2.24) is 19.5 Å². The topological polar surface area (TPSA) is 92.9 Å². The summed E-state index contributed by atoms with van der Waals surface area (Å²) in [6, 6.07) is 17.9. The van der Waals surface area contributed by atoms with Gasteiger partial charge < -0.3 is 15.0 Å². The number of fused-ring (bicyclic) bond motifs is 1. The zero-order valence-electron chi connectivity index (χ0n) is 18.2. The Bertz CT molecular complexity index is 1300. The maximum atomic E-state index is 11.7. The smallest absolute Gasteiger partial charge is 0.374 e. The summed E-state index contributed by atoms with van der Waals surface area (Å²) in [5.41, 5.74) is 3.26. The van der Waals surface area contributed by atoms with E-state index in [9.17, 15) is 9.90 Å². The quantitative estimate of drug-likeness (QED) is 0.382. The number of anilines is 1. The molecule has 5 rings (SSSR count). The van der Waals surface area contributed by atoms with Gasteiger partial charge in [-0.3, -0.25) is 0 Å². The van der Waals surface area contributed by atoms with Crippen LogP contribution in [0.1, 0.15) is 47.3 Å². The molecule has 0 amide bonds. The fraction of sp³-hybridized carbons (Fsp3) is 0.280. The highest BCUT2D eigenvalue weighted by Crippen LogP contribution is 2.35. The Labute approximate surface area is 196 Å². The minimum absolute atomic E-state index is 0.182. The molecular weight excluding hydrogens is 438 g/mol. The third kappa shape index (κ3) is 4.68. The molecule has 0 radical (unpaired) electrons. The standard InChI is InChI=1S/C25H24ClN5O2/c1-15(18-9-10-18)27-22-21-23(30-24(29-22)25(32)33)28-20(13-16-5-3-2-4-6-16)31(21)14-17-7-11-19(26)12-8-17/h2-8,11-12,15,18H,9-10,13-14H2,1H3,(H,32,33)(H,27,29,30). The van der Waals surface area contributed by atoms with E-state index in [4.69, 9.17) is 16.6 Å². The summed E-state index contributed by atoms with van der Waals surface area (Å²) in [5.74, 6) is 0.452. The first-order chi connectivity index (χ1) is 16.0. The Hall–Kier alpha value is -3.45. The SMILES string of the molecule is CC(Nc1nc(C(=O)O)nc2nc(Cc3ccccc3)n(Cc3ccc(Cl)cc3)c12)C1CC1. The Morgan fingerprint density at radius 1 is 1.09 bits per heavy atom. The molecule has 1 fully saturated rings. The highest BCUT2D eigenvalue weighted by atomic mass is 35.5. The maximum absolute atomic E-state index is 11.7. The summed E-state index contributed by atoms with van der Waals surface area (Å²) in [4.78, 5) is 25.2. The average Bonchev–Trinajstić information content (AvgIpc) is 3.60. The zero-order chi connectivity index (χ0) is 22.9. The Morgan fingerprint density at radius 2 is 1.82 bits per heavy atom. The van der Waals surface area contributed by atoms with Crippen LogP contribution < -0.4 is 5.32 Å². The molecule has 33 heavy (non-hydrogen) atoms. The molecule has 1 aliphatic carbocycles. The minimum Gasteiger partial charge on any atom is -0.475 e. The molecule has 2 N–H and O–H groups in total. The number of carbonyl (C=O) groups is 1. The molecule has 1 aliphatic rings. The van der Waals surface area contributed by atoms with E-state index < -0.39 is 5.97 Å². The number of benzene rings is 2. The summed E-state index contributed by atoms with van der Waals surface area (Å²) in [6.45, 7) is 2.65. The van der Waals surface area contributed by atoms with Gasteiger partial charge in [0.15, 0.2) is 11.5 Å². The first-order valence-corrected chi connectivity index (χ1v) is 11.4. The molecule has 168 valence electrons. The van der Waals surface area contributed by atoms with Gasteiger partial charge >= 0.3 is 5.97 Å². The molecule has 0 bridgehead atoms. The fourth-order valence-electron chi connectivity index (χ4n) is 4.06. The van der Waals surface area contributed by atoms with E-state index >= 15 is 0 Å². The number of carboxylic acids is 1. The van der Waals surface area contributed by atoms with Gasteiger partial charge in [-0.15, -0.1) is 0 Å². The van der Waals surface area contributed by atoms with Crippen molar-refractivity contribution in [1.29, 1.82) is 0 Å². The number of nitrogens with zero attached hydrogens (tertiary/aromatic N) is 4. The van der Waals surface area contributed by atoms with Gasteiger partial charge in [-0.05, 0) is 48.9 Å².